The van der Waals surface area contributed by atoms with Gasteiger partial charge in [-0.3, -0.25) is 13.7 Å². The van der Waals surface area contributed by atoms with Crippen LogP contribution in [0.4, 0.5) is 5.69 Å². The fourth-order valence-electron chi connectivity index (χ4n) is 3.55. The molecule has 0 atom stereocenters. The summed E-state index contributed by atoms with van der Waals surface area (Å²) in [5.74, 6) is -0.383. The molecule has 168 valence electrons. The zero-order valence-electron chi connectivity index (χ0n) is 17.6. The summed E-state index contributed by atoms with van der Waals surface area (Å²) >= 11 is 0. The molecular formula is C22H22N2O7S. The fourth-order valence-corrected chi connectivity index (χ4v) is 4.60. The lowest BCUT2D eigenvalue weighted by atomic mass is 10.2. The minimum absolute atomic E-state index is 0.200. The Hall–Kier alpha value is -3.53. The quantitative estimate of drug-likeness (QED) is 0.523. The Balaban J connectivity index is 1.74. The number of sulfonamides is 1. The Morgan fingerprint density at radius 1 is 1.09 bits per heavy atom. The van der Waals surface area contributed by atoms with Gasteiger partial charge in [-0.1, -0.05) is 18.2 Å². The van der Waals surface area contributed by atoms with Gasteiger partial charge in [0.25, 0.3) is 5.91 Å². The molecule has 1 aromatic heterocycles. The molecule has 0 saturated carbocycles. The van der Waals surface area contributed by atoms with Crippen molar-refractivity contribution in [2.24, 2.45) is 0 Å². The molecule has 9 nitrogen and oxygen atoms in total. The predicted molar refractivity (Wildman–Crippen MR) is 118 cm³/mol. The number of hydrogen-bond acceptors (Lipinski definition) is 7. The van der Waals surface area contributed by atoms with Crippen molar-refractivity contribution >= 4 is 38.5 Å². The van der Waals surface area contributed by atoms with E-state index in [0.29, 0.717) is 35.6 Å². The highest BCUT2D eigenvalue weighted by Gasteiger charge is 2.27. The molecule has 10 heteroatoms. The van der Waals surface area contributed by atoms with E-state index in [0.717, 1.165) is 4.31 Å². The van der Waals surface area contributed by atoms with E-state index in [2.05, 4.69) is 0 Å². The molecule has 3 aromatic rings. The smallest absolute Gasteiger partial charge is 0.340 e. The highest BCUT2D eigenvalue weighted by atomic mass is 32.2. The van der Waals surface area contributed by atoms with Crippen molar-refractivity contribution in [2.45, 2.75) is 6.92 Å². The van der Waals surface area contributed by atoms with E-state index < -0.39 is 28.4 Å². The lowest BCUT2D eigenvalue weighted by Crippen LogP contribution is -2.38. The van der Waals surface area contributed by atoms with E-state index in [1.807, 2.05) is 0 Å². The number of fused-ring (bicyclic) bond motifs is 2. The fraction of sp³-hybridized carbons (Fsp3) is 0.273. The first-order chi connectivity index (χ1) is 15.4. The third kappa shape index (κ3) is 3.89. The highest BCUT2D eigenvalue weighted by Crippen LogP contribution is 2.35. The Bertz CT molecular complexity index is 1300. The Morgan fingerprint density at radius 3 is 2.53 bits per heavy atom. The van der Waals surface area contributed by atoms with Gasteiger partial charge in [-0.2, -0.15) is 0 Å². The molecule has 0 aliphatic carbocycles. The predicted octanol–water partition coefficient (Wildman–Crippen LogP) is 2.70. The van der Waals surface area contributed by atoms with Crippen LogP contribution in [-0.2, 0) is 14.8 Å². The second-order valence-electron chi connectivity index (χ2n) is 7.05. The normalized spacial score (nSPS) is 13.1. The number of anilines is 1. The standard InChI is InChI=1S/C22H22N2O7S/c1-3-32(27,28)24(15-8-9-19-20(12-15)31-11-10-30-19)14-21(25)23-13-17(22(26)29-2)16-6-4-5-7-18(16)23/h4-9,12-13H,3,10-11,14H2,1-2H3. The van der Waals surface area contributed by atoms with Crippen molar-refractivity contribution in [1.82, 2.24) is 4.57 Å². The van der Waals surface area contributed by atoms with Gasteiger partial charge in [-0.05, 0) is 25.1 Å². The van der Waals surface area contributed by atoms with E-state index in [4.69, 9.17) is 14.2 Å². The first-order valence-electron chi connectivity index (χ1n) is 9.97. The highest BCUT2D eigenvalue weighted by molar-refractivity contribution is 7.92. The van der Waals surface area contributed by atoms with Gasteiger partial charge in [0.1, 0.15) is 19.8 Å². The summed E-state index contributed by atoms with van der Waals surface area (Å²) in [6, 6.07) is 11.6. The number of nitrogens with zero attached hydrogens (tertiary/aromatic N) is 2. The molecule has 1 aliphatic rings. The van der Waals surface area contributed by atoms with Crippen molar-refractivity contribution in [3.63, 3.8) is 0 Å². The molecule has 0 spiro atoms. The van der Waals surface area contributed by atoms with Crippen LogP contribution in [0.25, 0.3) is 10.9 Å². The van der Waals surface area contributed by atoms with E-state index >= 15 is 0 Å². The number of methoxy groups -OCH3 is 1. The van der Waals surface area contributed by atoms with Crippen molar-refractivity contribution in [1.29, 1.82) is 0 Å². The molecule has 2 aromatic carbocycles. The van der Waals surface area contributed by atoms with Gasteiger partial charge in [-0.25, -0.2) is 13.2 Å². The van der Waals surface area contributed by atoms with Gasteiger partial charge < -0.3 is 14.2 Å². The Kier molecular flexibility index (Phi) is 5.79. The van der Waals surface area contributed by atoms with E-state index in [1.54, 1.807) is 42.5 Å². The Labute approximate surface area is 185 Å². The monoisotopic (exact) mass is 458 g/mol. The summed E-state index contributed by atoms with van der Waals surface area (Å²) in [5, 5.41) is 0.539. The zero-order valence-corrected chi connectivity index (χ0v) is 18.4. The second-order valence-corrected chi connectivity index (χ2v) is 9.23. The van der Waals surface area contributed by atoms with Crippen LogP contribution < -0.4 is 13.8 Å². The molecule has 4 rings (SSSR count). The number of carbonyl (C=O) groups excluding carboxylic acids is 2. The number of benzene rings is 2. The van der Waals surface area contributed by atoms with Crippen LogP contribution in [-0.4, -0.2) is 57.5 Å². The molecule has 2 heterocycles. The van der Waals surface area contributed by atoms with Crippen molar-refractivity contribution < 1.29 is 32.2 Å². The topological polar surface area (TPSA) is 104 Å². The Morgan fingerprint density at radius 2 is 1.81 bits per heavy atom. The van der Waals surface area contributed by atoms with Crippen molar-refractivity contribution in [3.8, 4) is 11.5 Å². The summed E-state index contributed by atoms with van der Waals surface area (Å²) in [7, 11) is -2.54. The number of hydrogen-bond donors (Lipinski definition) is 0. The zero-order chi connectivity index (χ0) is 22.9. The summed E-state index contributed by atoms with van der Waals surface area (Å²) in [4.78, 5) is 25.4. The van der Waals surface area contributed by atoms with Gasteiger partial charge in [0.2, 0.25) is 10.0 Å². The molecular weight excluding hydrogens is 436 g/mol. The third-order valence-electron chi connectivity index (χ3n) is 5.18. The van der Waals surface area contributed by atoms with Gasteiger partial charge in [-0.15, -0.1) is 0 Å². The summed E-state index contributed by atoms with van der Waals surface area (Å²) < 4.78 is 43.9. The van der Waals surface area contributed by atoms with Crippen LogP contribution in [0.5, 0.6) is 11.5 Å². The molecule has 0 N–H and O–H groups in total. The SMILES string of the molecule is CCS(=O)(=O)N(CC(=O)n1cc(C(=O)OC)c2ccccc21)c1ccc2c(c1)OCCO2. The largest absolute Gasteiger partial charge is 0.486 e. The van der Waals surface area contributed by atoms with Crippen LogP contribution in [0.15, 0.2) is 48.7 Å². The molecule has 1 aliphatic heterocycles. The van der Waals surface area contributed by atoms with Gasteiger partial charge in [0.15, 0.2) is 11.5 Å². The molecule has 32 heavy (non-hydrogen) atoms. The van der Waals surface area contributed by atoms with Crippen molar-refractivity contribution in [2.75, 3.05) is 36.9 Å². The maximum Gasteiger partial charge on any atom is 0.340 e. The number of rotatable bonds is 6. The molecule has 0 bridgehead atoms. The van der Waals surface area contributed by atoms with Gasteiger partial charge >= 0.3 is 5.97 Å². The number of carbonyl (C=O) groups is 2. The third-order valence-corrected chi connectivity index (χ3v) is 6.92. The second kappa shape index (κ2) is 8.54. The summed E-state index contributed by atoms with van der Waals surface area (Å²) in [6.45, 7) is 1.80. The van der Waals surface area contributed by atoms with Gasteiger partial charge in [0, 0.05) is 17.6 Å². The summed E-state index contributed by atoms with van der Waals surface area (Å²) in [5.41, 5.74) is 0.990. The van der Waals surface area contributed by atoms with Crippen LogP contribution in [0.3, 0.4) is 0 Å². The molecule has 0 amide bonds. The molecule has 0 radical (unpaired) electrons. The average molecular weight is 458 g/mol. The maximum absolute atomic E-state index is 13.3. The number of esters is 1. The summed E-state index contributed by atoms with van der Waals surface area (Å²) in [6.07, 6.45) is 1.37. The van der Waals surface area contributed by atoms with Crippen LogP contribution in [0.2, 0.25) is 0 Å². The lowest BCUT2D eigenvalue weighted by molar-refractivity contribution is 0.0603. The van der Waals surface area contributed by atoms with Crippen molar-refractivity contribution in [3.05, 3.63) is 54.2 Å². The molecule has 0 unspecified atom stereocenters. The minimum Gasteiger partial charge on any atom is -0.486 e. The number of aromatic nitrogens is 1. The maximum atomic E-state index is 13.3. The molecule has 0 saturated heterocycles. The van der Waals surface area contributed by atoms with Gasteiger partial charge in [0.05, 0.1) is 29.6 Å². The van der Waals surface area contributed by atoms with E-state index in [1.165, 1.54) is 24.8 Å². The number of para-hydroxylation sites is 1. The first-order valence-corrected chi connectivity index (χ1v) is 11.6. The molecule has 0 fully saturated rings. The average Bonchev–Trinajstić information content (AvgIpc) is 3.21. The number of ether oxygens (including phenoxy) is 3. The minimum atomic E-state index is -3.80. The lowest BCUT2D eigenvalue weighted by Gasteiger charge is -2.25. The first kappa shape index (κ1) is 21.7. The van der Waals surface area contributed by atoms with Crippen LogP contribution in [0, 0.1) is 0 Å². The van der Waals surface area contributed by atoms with E-state index in [9.17, 15) is 18.0 Å². The van der Waals surface area contributed by atoms with E-state index in [-0.39, 0.29) is 17.0 Å². The van der Waals surface area contributed by atoms with Crippen LogP contribution >= 0.6 is 0 Å². The van der Waals surface area contributed by atoms with Crippen LogP contribution in [0.1, 0.15) is 22.1 Å².